The fourth-order valence-electron chi connectivity index (χ4n) is 2.59. The highest BCUT2D eigenvalue weighted by molar-refractivity contribution is 7.92. The van der Waals surface area contributed by atoms with Crippen LogP contribution in [0.2, 0.25) is 5.02 Å². The van der Waals surface area contributed by atoms with E-state index < -0.39 is 15.9 Å². The van der Waals surface area contributed by atoms with E-state index in [1.54, 1.807) is 30.3 Å². The van der Waals surface area contributed by atoms with E-state index in [1.165, 1.54) is 7.11 Å². The number of hydrogen-bond donors (Lipinski definition) is 1. The van der Waals surface area contributed by atoms with Crippen LogP contribution in [-0.2, 0) is 14.8 Å². The molecule has 0 aliphatic carbocycles. The van der Waals surface area contributed by atoms with Crippen molar-refractivity contribution in [1.82, 2.24) is 0 Å². The number of nitrogens with one attached hydrogen (secondary N) is 1. The van der Waals surface area contributed by atoms with Crippen molar-refractivity contribution in [3.63, 3.8) is 0 Å². The van der Waals surface area contributed by atoms with Gasteiger partial charge in [-0.15, -0.1) is 0 Å². The molecule has 0 heterocycles. The maximum atomic E-state index is 12.5. The largest absolute Gasteiger partial charge is 0.495 e. The van der Waals surface area contributed by atoms with Crippen molar-refractivity contribution in [2.75, 3.05) is 29.5 Å². The van der Waals surface area contributed by atoms with Crippen LogP contribution in [0.1, 0.15) is 11.1 Å². The van der Waals surface area contributed by atoms with E-state index in [1.807, 2.05) is 19.9 Å². The molecule has 0 radical (unpaired) electrons. The number of amides is 1. The van der Waals surface area contributed by atoms with Crippen molar-refractivity contribution in [2.24, 2.45) is 0 Å². The Hall–Kier alpha value is -2.25. The topological polar surface area (TPSA) is 75.7 Å². The summed E-state index contributed by atoms with van der Waals surface area (Å²) in [6.45, 7) is 3.37. The molecule has 140 valence electrons. The number of carbonyl (C=O) groups excluding carboxylic acids is 1. The molecule has 0 unspecified atom stereocenters. The summed E-state index contributed by atoms with van der Waals surface area (Å²) in [5.74, 6) is -0.0739. The molecule has 6 nitrogen and oxygen atoms in total. The fraction of sp³-hybridized carbons (Fsp3) is 0.278. The van der Waals surface area contributed by atoms with Crippen LogP contribution in [0.25, 0.3) is 0 Å². The van der Waals surface area contributed by atoms with Gasteiger partial charge in [0.15, 0.2) is 0 Å². The minimum absolute atomic E-state index is 0.364. The number of benzene rings is 2. The van der Waals surface area contributed by atoms with E-state index in [4.69, 9.17) is 16.3 Å². The zero-order valence-electron chi connectivity index (χ0n) is 15.0. The number of methoxy groups -OCH3 is 1. The molecule has 0 fully saturated rings. The Balaban J connectivity index is 2.29. The molecule has 0 aliphatic rings. The van der Waals surface area contributed by atoms with Crippen LogP contribution in [0.15, 0.2) is 36.4 Å². The van der Waals surface area contributed by atoms with E-state index in [2.05, 4.69) is 5.32 Å². The number of sulfonamides is 1. The van der Waals surface area contributed by atoms with Gasteiger partial charge >= 0.3 is 0 Å². The summed E-state index contributed by atoms with van der Waals surface area (Å²) in [5, 5.41) is 3.08. The summed E-state index contributed by atoms with van der Waals surface area (Å²) in [6, 6.07) is 10.2. The second kappa shape index (κ2) is 7.97. The summed E-state index contributed by atoms with van der Waals surface area (Å²) < 4.78 is 30.7. The lowest BCUT2D eigenvalue weighted by Crippen LogP contribution is -2.37. The second-order valence-electron chi connectivity index (χ2n) is 6.01. The van der Waals surface area contributed by atoms with E-state index in [-0.39, 0.29) is 6.54 Å². The average molecular weight is 397 g/mol. The fourth-order valence-corrected chi connectivity index (χ4v) is 3.60. The predicted molar refractivity (Wildman–Crippen MR) is 105 cm³/mol. The summed E-state index contributed by atoms with van der Waals surface area (Å²) in [7, 11) is -2.18. The van der Waals surface area contributed by atoms with Gasteiger partial charge in [-0.25, -0.2) is 8.42 Å². The minimum atomic E-state index is -3.65. The Bertz CT molecular complexity index is 909. The molecular formula is C18H21ClN2O4S. The molecule has 2 aromatic carbocycles. The van der Waals surface area contributed by atoms with Crippen molar-refractivity contribution >= 4 is 38.9 Å². The average Bonchev–Trinajstić information content (AvgIpc) is 2.50. The smallest absolute Gasteiger partial charge is 0.245 e. The van der Waals surface area contributed by atoms with Crippen molar-refractivity contribution in [2.45, 2.75) is 13.8 Å². The Morgan fingerprint density at radius 3 is 2.31 bits per heavy atom. The van der Waals surface area contributed by atoms with Crippen molar-refractivity contribution in [1.29, 1.82) is 0 Å². The van der Waals surface area contributed by atoms with Crippen molar-refractivity contribution in [3.8, 4) is 5.75 Å². The number of rotatable bonds is 6. The number of nitrogens with zero attached hydrogens (tertiary/aromatic N) is 1. The Morgan fingerprint density at radius 1 is 1.15 bits per heavy atom. The van der Waals surface area contributed by atoms with Gasteiger partial charge in [-0.05, 0) is 55.3 Å². The number of ether oxygens (including phenoxy) is 1. The maximum absolute atomic E-state index is 12.5. The molecule has 0 bridgehead atoms. The van der Waals surface area contributed by atoms with Gasteiger partial charge in [-0.2, -0.15) is 0 Å². The Kier molecular flexibility index (Phi) is 6.15. The van der Waals surface area contributed by atoms with E-state index >= 15 is 0 Å². The highest BCUT2D eigenvalue weighted by Crippen LogP contribution is 2.28. The Labute approximate surface area is 158 Å². The number of hydrogen-bond acceptors (Lipinski definition) is 4. The normalized spacial score (nSPS) is 11.1. The minimum Gasteiger partial charge on any atom is -0.495 e. The van der Waals surface area contributed by atoms with Crippen LogP contribution >= 0.6 is 11.6 Å². The molecule has 0 aliphatic heterocycles. The summed E-state index contributed by atoms with van der Waals surface area (Å²) in [5.41, 5.74) is 2.63. The number of carbonyl (C=O) groups is 1. The third-order valence-electron chi connectivity index (χ3n) is 3.62. The molecule has 1 amide bonds. The monoisotopic (exact) mass is 396 g/mol. The van der Waals surface area contributed by atoms with Crippen LogP contribution in [0.4, 0.5) is 11.4 Å². The van der Waals surface area contributed by atoms with Gasteiger partial charge in [0.1, 0.15) is 12.3 Å². The second-order valence-corrected chi connectivity index (χ2v) is 8.35. The third-order valence-corrected chi connectivity index (χ3v) is 4.99. The van der Waals surface area contributed by atoms with Crippen LogP contribution < -0.4 is 14.4 Å². The van der Waals surface area contributed by atoms with Crippen LogP contribution in [0.3, 0.4) is 0 Å². The van der Waals surface area contributed by atoms with Crippen molar-refractivity contribution < 1.29 is 17.9 Å². The van der Waals surface area contributed by atoms with E-state index in [0.717, 1.165) is 21.7 Å². The van der Waals surface area contributed by atoms with E-state index in [9.17, 15) is 13.2 Å². The van der Waals surface area contributed by atoms with Gasteiger partial charge in [0.25, 0.3) is 0 Å². The maximum Gasteiger partial charge on any atom is 0.245 e. The molecule has 0 spiro atoms. The standard InChI is InChI=1S/C18H21ClN2O4S/c1-12-7-13(2)9-15(8-12)21(26(4,23)24)11-18(22)20-16-10-14(19)5-6-17(16)25-3/h5-10H,11H2,1-4H3,(H,20,22). The zero-order valence-corrected chi connectivity index (χ0v) is 16.6. The zero-order chi connectivity index (χ0) is 19.5. The molecule has 8 heteroatoms. The van der Waals surface area contributed by atoms with Crippen LogP contribution in [-0.4, -0.2) is 34.2 Å². The summed E-state index contributed by atoms with van der Waals surface area (Å²) >= 11 is 5.95. The first-order valence-electron chi connectivity index (χ1n) is 7.79. The van der Waals surface area contributed by atoms with Crippen LogP contribution in [0, 0.1) is 13.8 Å². The highest BCUT2D eigenvalue weighted by atomic mass is 35.5. The lowest BCUT2D eigenvalue weighted by Gasteiger charge is -2.23. The predicted octanol–water partition coefficient (Wildman–Crippen LogP) is 3.37. The Morgan fingerprint density at radius 2 is 1.77 bits per heavy atom. The highest BCUT2D eigenvalue weighted by Gasteiger charge is 2.22. The van der Waals surface area contributed by atoms with Gasteiger partial charge in [-0.1, -0.05) is 17.7 Å². The first-order valence-corrected chi connectivity index (χ1v) is 10.0. The third kappa shape index (κ3) is 5.12. The lowest BCUT2D eigenvalue weighted by atomic mass is 10.1. The number of anilines is 2. The van der Waals surface area contributed by atoms with Gasteiger partial charge in [0.2, 0.25) is 15.9 Å². The molecular weight excluding hydrogens is 376 g/mol. The van der Waals surface area contributed by atoms with Crippen molar-refractivity contribution in [3.05, 3.63) is 52.5 Å². The molecule has 2 aromatic rings. The van der Waals surface area contributed by atoms with E-state index in [0.29, 0.717) is 22.1 Å². The van der Waals surface area contributed by atoms with Crippen LogP contribution in [0.5, 0.6) is 5.75 Å². The molecule has 0 aromatic heterocycles. The SMILES string of the molecule is COc1ccc(Cl)cc1NC(=O)CN(c1cc(C)cc(C)c1)S(C)(=O)=O. The number of halogens is 1. The molecule has 2 rings (SSSR count). The first-order chi connectivity index (χ1) is 12.1. The lowest BCUT2D eigenvalue weighted by molar-refractivity contribution is -0.114. The molecule has 0 saturated heterocycles. The van der Waals surface area contributed by atoms with Gasteiger partial charge in [0.05, 0.1) is 24.7 Å². The van der Waals surface area contributed by atoms with Gasteiger partial charge < -0.3 is 10.1 Å². The molecule has 26 heavy (non-hydrogen) atoms. The summed E-state index contributed by atoms with van der Waals surface area (Å²) in [6.07, 6.45) is 1.07. The van der Waals surface area contributed by atoms with Gasteiger partial charge in [-0.3, -0.25) is 9.10 Å². The first kappa shape index (κ1) is 20.1. The molecule has 0 atom stereocenters. The quantitative estimate of drug-likeness (QED) is 0.812. The molecule has 0 saturated carbocycles. The van der Waals surface area contributed by atoms with Gasteiger partial charge in [0, 0.05) is 5.02 Å². The summed E-state index contributed by atoms with van der Waals surface area (Å²) in [4.78, 5) is 12.5. The number of aryl methyl sites for hydroxylation is 2. The molecule has 1 N–H and O–H groups in total.